The van der Waals surface area contributed by atoms with Crippen molar-refractivity contribution in [3.63, 3.8) is 0 Å². The van der Waals surface area contributed by atoms with Gasteiger partial charge in [-0.25, -0.2) is 8.42 Å². The number of sulfonamides is 1. The summed E-state index contributed by atoms with van der Waals surface area (Å²) >= 11 is 0. The normalized spacial score (nSPS) is 18.1. The summed E-state index contributed by atoms with van der Waals surface area (Å²) in [5, 5.41) is 6.59. The van der Waals surface area contributed by atoms with Crippen LogP contribution in [0.3, 0.4) is 0 Å². The van der Waals surface area contributed by atoms with Crippen molar-refractivity contribution in [2.24, 2.45) is 0 Å². The lowest BCUT2D eigenvalue weighted by atomic mass is 10.1. The van der Waals surface area contributed by atoms with Crippen LogP contribution < -0.4 is 5.73 Å². The summed E-state index contributed by atoms with van der Waals surface area (Å²) in [6.45, 7) is 0.827. The Labute approximate surface area is 82.1 Å². The molecule has 2 heterocycles. The van der Waals surface area contributed by atoms with Gasteiger partial charge >= 0.3 is 0 Å². The van der Waals surface area contributed by atoms with Crippen LogP contribution in [-0.4, -0.2) is 35.7 Å². The van der Waals surface area contributed by atoms with Crippen molar-refractivity contribution in [3.05, 3.63) is 11.3 Å². The van der Waals surface area contributed by atoms with E-state index in [1.165, 1.54) is 10.6 Å². The molecule has 0 amide bonds. The molecule has 0 bridgehead atoms. The minimum Gasteiger partial charge on any atom is -0.382 e. The van der Waals surface area contributed by atoms with Crippen molar-refractivity contribution >= 4 is 15.8 Å². The first-order valence-corrected chi connectivity index (χ1v) is 6.10. The quantitative estimate of drug-likeness (QED) is 0.650. The first-order valence-electron chi connectivity index (χ1n) is 4.25. The van der Waals surface area contributed by atoms with E-state index in [-0.39, 0.29) is 0 Å². The zero-order chi connectivity index (χ0) is 10.3. The van der Waals surface area contributed by atoms with Gasteiger partial charge in [0, 0.05) is 12.1 Å². The molecule has 3 N–H and O–H groups in total. The third-order valence-corrected chi connectivity index (χ3v) is 3.65. The van der Waals surface area contributed by atoms with E-state index in [9.17, 15) is 8.42 Å². The van der Waals surface area contributed by atoms with Crippen LogP contribution in [0.5, 0.6) is 0 Å². The van der Waals surface area contributed by atoms with Crippen LogP contribution in [0.15, 0.2) is 0 Å². The van der Waals surface area contributed by atoms with Crippen LogP contribution in [0.1, 0.15) is 11.3 Å². The Morgan fingerprint density at radius 1 is 1.57 bits per heavy atom. The Morgan fingerprint density at radius 3 is 2.93 bits per heavy atom. The molecule has 1 aliphatic rings. The van der Waals surface area contributed by atoms with Gasteiger partial charge in [0.1, 0.15) is 5.82 Å². The fourth-order valence-corrected chi connectivity index (χ4v) is 2.39. The number of hydrogen-bond donors (Lipinski definition) is 2. The predicted octanol–water partition coefficient (Wildman–Crippen LogP) is -0.690. The lowest BCUT2D eigenvalue weighted by Gasteiger charge is -2.23. The van der Waals surface area contributed by atoms with Crippen molar-refractivity contribution in [2.45, 2.75) is 13.0 Å². The maximum absolute atomic E-state index is 11.3. The summed E-state index contributed by atoms with van der Waals surface area (Å²) < 4.78 is 23.9. The van der Waals surface area contributed by atoms with Gasteiger partial charge in [-0.3, -0.25) is 5.10 Å². The molecule has 1 aliphatic heterocycles. The second kappa shape index (κ2) is 2.96. The van der Waals surface area contributed by atoms with Crippen molar-refractivity contribution in [3.8, 4) is 0 Å². The zero-order valence-corrected chi connectivity index (χ0v) is 8.63. The number of rotatable bonds is 1. The van der Waals surface area contributed by atoms with E-state index < -0.39 is 10.0 Å². The topological polar surface area (TPSA) is 92.1 Å². The monoisotopic (exact) mass is 216 g/mol. The molecule has 1 aromatic heterocycles. The number of nitrogen functional groups attached to an aromatic ring is 1. The van der Waals surface area contributed by atoms with Gasteiger partial charge in [0.2, 0.25) is 10.0 Å². The highest BCUT2D eigenvalue weighted by molar-refractivity contribution is 7.88. The molecular weight excluding hydrogens is 204 g/mol. The molecule has 0 aliphatic carbocycles. The van der Waals surface area contributed by atoms with Crippen molar-refractivity contribution in [1.82, 2.24) is 14.5 Å². The lowest BCUT2D eigenvalue weighted by Crippen LogP contribution is -2.35. The molecule has 7 heteroatoms. The molecule has 0 aromatic carbocycles. The highest BCUT2D eigenvalue weighted by atomic mass is 32.2. The third kappa shape index (κ3) is 1.48. The standard InChI is InChI=1S/C7H12N4O2S/c1-14(12,13)11-3-2-5-6(4-11)9-10-7(5)8/h2-4H2,1H3,(H3,8,9,10). The number of fused-ring (bicyclic) bond motifs is 1. The van der Waals surface area contributed by atoms with Gasteiger partial charge in [-0.1, -0.05) is 0 Å². The van der Waals surface area contributed by atoms with E-state index in [1.54, 1.807) is 0 Å². The average Bonchev–Trinajstić information content (AvgIpc) is 2.46. The van der Waals surface area contributed by atoms with E-state index in [0.29, 0.717) is 25.3 Å². The second-order valence-corrected chi connectivity index (χ2v) is 5.39. The molecule has 0 atom stereocenters. The zero-order valence-electron chi connectivity index (χ0n) is 7.82. The maximum Gasteiger partial charge on any atom is 0.211 e. The van der Waals surface area contributed by atoms with Gasteiger partial charge < -0.3 is 5.73 Å². The van der Waals surface area contributed by atoms with Crippen LogP contribution in [0.4, 0.5) is 5.82 Å². The van der Waals surface area contributed by atoms with Crippen molar-refractivity contribution < 1.29 is 8.42 Å². The molecule has 0 unspecified atom stereocenters. The SMILES string of the molecule is CS(=O)(=O)N1CCc2c(N)n[nH]c2C1. The minimum absolute atomic E-state index is 0.346. The number of aromatic nitrogens is 2. The summed E-state index contributed by atoms with van der Waals surface area (Å²) in [5.74, 6) is 0.480. The predicted molar refractivity (Wildman–Crippen MR) is 52.0 cm³/mol. The molecule has 0 radical (unpaired) electrons. The molecule has 6 nitrogen and oxygen atoms in total. The number of nitrogens with zero attached hydrogens (tertiary/aromatic N) is 2. The summed E-state index contributed by atoms with van der Waals surface area (Å²) in [6, 6.07) is 0. The Kier molecular flexibility index (Phi) is 2.00. The molecule has 0 spiro atoms. The smallest absolute Gasteiger partial charge is 0.211 e. The molecule has 14 heavy (non-hydrogen) atoms. The van der Waals surface area contributed by atoms with Crippen LogP contribution >= 0.6 is 0 Å². The van der Waals surface area contributed by atoms with Gasteiger partial charge in [0.25, 0.3) is 0 Å². The Bertz CT molecular complexity index is 450. The first kappa shape index (κ1) is 9.47. The fourth-order valence-electron chi connectivity index (χ4n) is 1.60. The molecule has 0 saturated carbocycles. The summed E-state index contributed by atoms with van der Waals surface area (Å²) in [5.41, 5.74) is 7.36. The Balaban J connectivity index is 2.31. The third-order valence-electron chi connectivity index (χ3n) is 2.40. The van der Waals surface area contributed by atoms with E-state index in [4.69, 9.17) is 5.73 Å². The summed E-state index contributed by atoms with van der Waals surface area (Å²) in [6.07, 6.45) is 1.84. The molecule has 78 valence electrons. The minimum atomic E-state index is -3.11. The molecule has 0 saturated heterocycles. The molecule has 2 rings (SSSR count). The molecule has 1 aromatic rings. The Morgan fingerprint density at radius 2 is 2.29 bits per heavy atom. The van der Waals surface area contributed by atoms with Gasteiger partial charge in [-0.05, 0) is 6.42 Å². The number of nitrogens with one attached hydrogen (secondary N) is 1. The number of aromatic amines is 1. The van der Waals surface area contributed by atoms with Crippen molar-refractivity contribution in [1.29, 1.82) is 0 Å². The van der Waals surface area contributed by atoms with E-state index in [1.807, 2.05) is 0 Å². The molecular formula is C7H12N4O2S. The number of H-pyrrole nitrogens is 1. The first-order chi connectivity index (χ1) is 6.48. The summed E-state index contributed by atoms with van der Waals surface area (Å²) in [4.78, 5) is 0. The van der Waals surface area contributed by atoms with E-state index in [0.717, 1.165) is 11.3 Å². The highest BCUT2D eigenvalue weighted by Crippen LogP contribution is 2.22. The number of nitrogens with two attached hydrogens (primary N) is 1. The number of anilines is 1. The largest absolute Gasteiger partial charge is 0.382 e. The van der Waals surface area contributed by atoms with Gasteiger partial charge in [-0.15, -0.1) is 0 Å². The Hall–Kier alpha value is -1.08. The summed E-state index contributed by atoms with van der Waals surface area (Å²) in [7, 11) is -3.11. The van der Waals surface area contributed by atoms with Crippen LogP contribution in [0.2, 0.25) is 0 Å². The molecule has 0 fully saturated rings. The maximum atomic E-state index is 11.3. The van der Waals surface area contributed by atoms with E-state index >= 15 is 0 Å². The van der Waals surface area contributed by atoms with Gasteiger partial charge in [-0.2, -0.15) is 9.40 Å². The highest BCUT2D eigenvalue weighted by Gasteiger charge is 2.25. The van der Waals surface area contributed by atoms with E-state index in [2.05, 4.69) is 10.2 Å². The van der Waals surface area contributed by atoms with Crippen LogP contribution in [-0.2, 0) is 23.0 Å². The average molecular weight is 216 g/mol. The fraction of sp³-hybridized carbons (Fsp3) is 0.571. The van der Waals surface area contributed by atoms with Crippen LogP contribution in [0, 0.1) is 0 Å². The second-order valence-electron chi connectivity index (χ2n) is 3.41. The van der Waals surface area contributed by atoms with Crippen LogP contribution in [0.25, 0.3) is 0 Å². The van der Waals surface area contributed by atoms with Gasteiger partial charge in [0.15, 0.2) is 0 Å². The van der Waals surface area contributed by atoms with Crippen molar-refractivity contribution in [2.75, 3.05) is 18.5 Å². The van der Waals surface area contributed by atoms with Gasteiger partial charge in [0.05, 0.1) is 18.5 Å². The number of hydrogen-bond acceptors (Lipinski definition) is 4. The lowest BCUT2D eigenvalue weighted by molar-refractivity contribution is 0.391.